The minimum atomic E-state index is -0.456. The van der Waals surface area contributed by atoms with Crippen molar-refractivity contribution in [1.29, 1.82) is 0 Å². The van der Waals surface area contributed by atoms with Crippen molar-refractivity contribution in [2.45, 2.75) is 40.2 Å². The normalized spacial score (nSPS) is 11.4. The predicted molar refractivity (Wildman–Crippen MR) is 96.1 cm³/mol. The molecule has 0 saturated carbocycles. The summed E-state index contributed by atoms with van der Waals surface area (Å²) in [5.74, 6) is -0.329. The van der Waals surface area contributed by atoms with Crippen molar-refractivity contribution in [3.8, 4) is 0 Å². The lowest BCUT2D eigenvalue weighted by Gasteiger charge is -2.19. The molecule has 0 atom stereocenters. The van der Waals surface area contributed by atoms with E-state index in [0.29, 0.717) is 24.2 Å². The topological polar surface area (TPSA) is 84.2 Å². The third-order valence-corrected chi connectivity index (χ3v) is 2.89. The maximum absolute atomic E-state index is 12.0. The van der Waals surface area contributed by atoms with Gasteiger partial charge in [0.15, 0.2) is 0 Å². The molecular formula is C17H28ClN3O2. The fourth-order valence-electron chi connectivity index (χ4n) is 1.63. The molecule has 23 heavy (non-hydrogen) atoms. The van der Waals surface area contributed by atoms with Gasteiger partial charge >= 0.3 is 0 Å². The van der Waals surface area contributed by atoms with Crippen molar-refractivity contribution in [3.05, 3.63) is 35.4 Å². The SMILES string of the molecule is CC(C)(C)CNC(=O)c1ccc(C(=O)NCC(C)(C)N)cc1.Cl. The minimum absolute atomic E-state index is 0. The largest absolute Gasteiger partial charge is 0.352 e. The van der Waals surface area contributed by atoms with Gasteiger partial charge in [0.2, 0.25) is 0 Å². The van der Waals surface area contributed by atoms with E-state index in [2.05, 4.69) is 31.4 Å². The van der Waals surface area contributed by atoms with E-state index in [1.54, 1.807) is 24.3 Å². The number of hydrogen-bond donors (Lipinski definition) is 3. The van der Waals surface area contributed by atoms with Crippen LogP contribution in [0.3, 0.4) is 0 Å². The molecule has 0 fully saturated rings. The maximum Gasteiger partial charge on any atom is 0.251 e. The molecule has 0 unspecified atom stereocenters. The highest BCUT2D eigenvalue weighted by Crippen LogP contribution is 2.11. The second kappa shape index (κ2) is 8.31. The van der Waals surface area contributed by atoms with Gasteiger partial charge < -0.3 is 16.4 Å². The summed E-state index contributed by atoms with van der Waals surface area (Å²) in [6.07, 6.45) is 0. The third kappa shape index (κ3) is 8.57. The lowest BCUT2D eigenvalue weighted by atomic mass is 9.97. The Hall–Kier alpha value is -1.59. The van der Waals surface area contributed by atoms with Gasteiger partial charge in [-0.25, -0.2) is 0 Å². The number of carbonyl (C=O) groups excluding carboxylic acids is 2. The molecule has 0 aromatic heterocycles. The highest BCUT2D eigenvalue weighted by atomic mass is 35.5. The number of rotatable bonds is 5. The highest BCUT2D eigenvalue weighted by molar-refractivity contribution is 5.97. The van der Waals surface area contributed by atoms with Gasteiger partial charge in [0.25, 0.3) is 11.8 Å². The van der Waals surface area contributed by atoms with Gasteiger partial charge in [-0.3, -0.25) is 9.59 Å². The Kier molecular flexibility index (Phi) is 7.74. The van der Waals surface area contributed by atoms with Crippen LogP contribution in [0.2, 0.25) is 0 Å². The smallest absolute Gasteiger partial charge is 0.251 e. The van der Waals surface area contributed by atoms with Gasteiger partial charge in [0.1, 0.15) is 0 Å². The summed E-state index contributed by atoms with van der Waals surface area (Å²) in [5, 5.41) is 5.64. The van der Waals surface area contributed by atoms with Gasteiger partial charge in [-0.05, 0) is 43.5 Å². The van der Waals surface area contributed by atoms with Crippen LogP contribution in [-0.2, 0) is 0 Å². The second-order valence-corrected chi connectivity index (χ2v) is 7.49. The number of amides is 2. The highest BCUT2D eigenvalue weighted by Gasteiger charge is 2.15. The molecule has 0 radical (unpaired) electrons. The van der Waals surface area contributed by atoms with Gasteiger partial charge in [-0.15, -0.1) is 12.4 Å². The summed E-state index contributed by atoms with van der Waals surface area (Å²) in [6, 6.07) is 6.59. The van der Waals surface area contributed by atoms with Crippen LogP contribution in [0.25, 0.3) is 0 Å². The summed E-state index contributed by atoms with van der Waals surface area (Å²) >= 11 is 0. The van der Waals surface area contributed by atoms with Crippen LogP contribution in [0.4, 0.5) is 0 Å². The predicted octanol–water partition coefficient (Wildman–Crippen LogP) is 2.35. The molecule has 0 aliphatic carbocycles. The molecule has 4 N–H and O–H groups in total. The van der Waals surface area contributed by atoms with E-state index in [4.69, 9.17) is 5.73 Å². The minimum Gasteiger partial charge on any atom is -0.352 e. The molecule has 0 aliphatic heterocycles. The van der Waals surface area contributed by atoms with Crippen molar-refractivity contribution in [3.63, 3.8) is 0 Å². The van der Waals surface area contributed by atoms with E-state index < -0.39 is 5.54 Å². The average molecular weight is 342 g/mol. The Balaban J connectivity index is 0.00000484. The molecule has 1 aromatic carbocycles. The molecule has 0 spiro atoms. The monoisotopic (exact) mass is 341 g/mol. The Labute approximate surface area is 144 Å². The average Bonchev–Trinajstić information content (AvgIpc) is 2.40. The molecule has 6 heteroatoms. The van der Waals surface area contributed by atoms with Gasteiger partial charge in [-0.1, -0.05) is 20.8 Å². The van der Waals surface area contributed by atoms with Crippen LogP contribution in [0.1, 0.15) is 55.3 Å². The van der Waals surface area contributed by atoms with E-state index in [9.17, 15) is 9.59 Å². The Morgan fingerprint density at radius 1 is 0.870 bits per heavy atom. The van der Waals surface area contributed by atoms with Crippen LogP contribution >= 0.6 is 12.4 Å². The van der Waals surface area contributed by atoms with Crippen LogP contribution in [-0.4, -0.2) is 30.4 Å². The van der Waals surface area contributed by atoms with Crippen molar-refractivity contribution in [2.75, 3.05) is 13.1 Å². The Bertz CT molecular complexity index is 479. The van der Waals surface area contributed by atoms with Gasteiger partial charge in [0.05, 0.1) is 0 Å². The number of carbonyl (C=O) groups is 2. The van der Waals surface area contributed by atoms with Crippen LogP contribution < -0.4 is 16.4 Å². The summed E-state index contributed by atoms with van der Waals surface area (Å²) in [5.41, 5.74) is 6.46. The quantitative estimate of drug-likeness (QED) is 0.768. The summed E-state index contributed by atoms with van der Waals surface area (Å²) in [6.45, 7) is 10.8. The molecule has 1 rings (SSSR count). The number of hydrogen-bond acceptors (Lipinski definition) is 3. The first-order valence-electron chi connectivity index (χ1n) is 7.43. The summed E-state index contributed by atoms with van der Waals surface area (Å²) in [7, 11) is 0. The van der Waals surface area contributed by atoms with Crippen molar-refractivity contribution < 1.29 is 9.59 Å². The van der Waals surface area contributed by atoms with E-state index in [1.165, 1.54) is 0 Å². The van der Waals surface area contributed by atoms with E-state index in [0.717, 1.165) is 0 Å². The van der Waals surface area contributed by atoms with E-state index in [-0.39, 0.29) is 29.6 Å². The summed E-state index contributed by atoms with van der Waals surface area (Å²) < 4.78 is 0. The zero-order valence-corrected chi connectivity index (χ0v) is 15.3. The third-order valence-electron chi connectivity index (χ3n) is 2.89. The zero-order valence-electron chi connectivity index (χ0n) is 14.5. The van der Waals surface area contributed by atoms with Crippen LogP contribution in [0.15, 0.2) is 24.3 Å². The maximum atomic E-state index is 12.0. The first-order chi connectivity index (χ1) is 9.98. The molecule has 0 heterocycles. The van der Waals surface area contributed by atoms with Crippen molar-refractivity contribution in [1.82, 2.24) is 10.6 Å². The second-order valence-electron chi connectivity index (χ2n) is 7.49. The zero-order chi connectivity index (χ0) is 17.0. The van der Waals surface area contributed by atoms with E-state index >= 15 is 0 Å². The number of nitrogens with two attached hydrogens (primary N) is 1. The molecule has 0 bridgehead atoms. The Morgan fingerprint density at radius 2 is 1.22 bits per heavy atom. The van der Waals surface area contributed by atoms with Gasteiger partial charge in [-0.2, -0.15) is 0 Å². The molecule has 0 saturated heterocycles. The fraction of sp³-hybridized carbons (Fsp3) is 0.529. The molecular weight excluding hydrogens is 314 g/mol. The summed E-state index contributed by atoms with van der Waals surface area (Å²) in [4.78, 5) is 24.0. The van der Waals surface area contributed by atoms with E-state index in [1.807, 2.05) is 13.8 Å². The lowest BCUT2D eigenvalue weighted by Crippen LogP contribution is -2.45. The van der Waals surface area contributed by atoms with Gasteiger partial charge in [0, 0.05) is 29.8 Å². The van der Waals surface area contributed by atoms with Crippen LogP contribution in [0, 0.1) is 5.41 Å². The lowest BCUT2D eigenvalue weighted by molar-refractivity contribution is 0.0931. The number of benzene rings is 1. The standard InChI is InChI=1S/C17H27N3O2.ClH/c1-16(2,3)10-19-14(21)12-6-8-13(9-7-12)15(22)20-11-17(4,5)18;/h6-9H,10-11,18H2,1-5H3,(H,19,21)(H,20,22);1H. The van der Waals surface area contributed by atoms with Crippen molar-refractivity contribution >= 4 is 24.2 Å². The molecule has 0 aliphatic rings. The first-order valence-corrected chi connectivity index (χ1v) is 7.43. The van der Waals surface area contributed by atoms with Crippen LogP contribution in [0.5, 0.6) is 0 Å². The number of nitrogens with one attached hydrogen (secondary N) is 2. The number of halogens is 1. The molecule has 5 nitrogen and oxygen atoms in total. The molecule has 1 aromatic rings. The Morgan fingerprint density at radius 3 is 1.52 bits per heavy atom. The van der Waals surface area contributed by atoms with Crippen molar-refractivity contribution in [2.24, 2.45) is 11.1 Å². The first kappa shape index (κ1) is 21.4. The fourth-order valence-corrected chi connectivity index (χ4v) is 1.63. The molecule has 130 valence electrons. The molecule has 2 amide bonds.